The van der Waals surface area contributed by atoms with Crippen LogP contribution in [-0.4, -0.2) is 10.1 Å². The molecule has 0 aliphatic heterocycles. The maximum absolute atomic E-state index is 12.8. The first-order chi connectivity index (χ1) is 16.7. The number of hydrogen-bond donors (Lipinski definition) is 1. The first kappa shape index (κ1) is 22.1. The fraction of sp³-hybridized carbons (Fsp3) is 0.207. The molecule has 172 valence electrons. The Morgan fingerprint density at radius 2 is 1.68 bits per heavy atom. The summed E-state index contributed by atoms with van der Waals surface area (Å²) in [5.74, 6) is 1.52. The molecule has 5 rings (SSSR count). The second kappa shape index (κ2) is 10.1. The van der Waals surface area contributed by atoms with Crippen LogP contribution in [0.3, 0.4) is 0 Å². The summed E-state index contributed by atoms with van der Waals surface area (Å²) >= 11 is 0. The monoisotopic (exact) mass is 455 g/mol. The standard InChI is InChI=1S/C29H26FNO3/c30-34-26-13-15-28-23(16-26)9-14-27(21-4-2-1-3-5-21)29(28)22-7-11-25(12-8-22)33-19-20-6-10-24(18-32)31-17-20/h1-8,10-13,15-17,27,29,32H,9,14,18-19H2/t27-,29?/m1/s1. The second-order valence-electron chi connectivity index (χ2n) is 8.64. The van der Waals surface area contributed by atoms with Crippen molar-refractivity contribution in [3.05, 3.63) is 125 Å². The molecule has 1 heterocycles. The van der Waals surface area contributed by atoms with E-state index in [0.29, 0.717) is 18.2 Å². The molecule has 5 heteroatoms. The topological polar surface area (TPSA) is 51.6 Å². The molecule has 0 spiro atoms. The van der Waals surface area contributed by atoms with Crippen LogP contribution in [0.15, 0.2) is 91.1 Å². The predicted molar refractivity (Wildman–Crippen MR) is 128 cm³/mol. The van der Waals surface area contributed by atoms with Crippen molar-refractivity contribution in [3.63, 3.8) is 0 Å². The molecule has 0 fully saturated rings. The van der Waals surface area contributed by atoms with Crippen molar-refractivity contribution in [1.82, 2.24) is 4.98 Å². The molecule has 3 aromatic carbocycles. The van der Waals surface area contributed by atoms with Gasteiger partial charge in [0.15, 0.2) is 5.75 Å². The lowest BCUT2D eigenvalue weighted by Gasteiger charge is -2.34. The Bertz CT molecular complexity index is 1230. The van der Waals surface area contributed by atoms with E-state index in [4.69, 9.17) is 9.84 Å². The minimum Gasteiger partial charge on any atom is -0.489 e. The molecule has 4 nitrogen and oxygen atoms in total. The molecule has 0 amide bonds. The highest BCUT2D eigenvalue weighted by Crippen LogP contribution is 2.47. The molecule has 34 heavy (non-hydrogen) atoms. The van der Waals surface area contributed by atoms with Crippen molar-refractivity contribution in [2.45, 2.75) is 37.9 Å². The minimum atomic E-state index is -0.0705. The van der Waals surface area contributed by atoms with E-state index in [1.165, 1.54) is 16.7 Å². The number of pyridine rings is 1. The summed E-state index contributed by atoms with van der Waals surface area (Å²) in [4.78, 5) is 8.18. The zero-order valence-electron chi connectivity index (χ0n) is 18.7. The van der Waals surface area contributed by atoms with Gasteiger partial charge in [0.1, 0.15) is 12.4 Å². The number of aliphatic hydroxyl groups excluding tert-OH is 1. The third kappa shape index (κ3) is 4.66. The second-order valence-corrected chi connectivity index (χ2v) is 8.64. The van der Waals surface area contributed by atoms with Gasteiger partial charge in [0.2, 0.25) is 0 Å². The van der Waals surface area contributed by atoms with Gasteiger partial charge in [-0.1, -0.05) is 54.6 Å². The molecule has 1 aromatic heterocycles. The highest BCUT2D eigenvalue weighted by Gasteiger charge is 2.32. The molecule has 4 aromatic rings. The lowest BCUT2D eigenvalue weighted by Crippen LogP contribution is -2.20. The number of rotatable bonds is 7. The molecule has 0 bridgehead atoms. The Morgan fingerprint density at radius 3 is 2.38 bits per heavy atom. The van der Waals surface area contributed by atoms with Gasteiger partial charge in [-0.25, -0.2) is 0 Å². The zero-order valence-corrected chi connectivity index (χ0v) is 18.7. The number of aryl methyl sites for hydroxylation is 1. The molecule has 1 N–H and O–H groups in total. The predicted octanol–water partition coefficient (Wildman–Crippen LogP) is 6.28. The van der Waals surface area contributed by atoms with E-state index in [-0.39, 0.29) is 18.3 Å². The number of halogens is 1. The maximum atomic E-state index is 12.8. The highest BCUT2D eigenvalue weighted by atomic mass is 19.3. The van der Waals surface area contributed by atoms with Gasteiger partial charge in [0.25, 0.3) is 0 Å². The maximum Gasteiger partial charge on any atom is 0.172 e. The average Bonchev–Trinajstić information content (AvgIpc) is 2.92. The van der Waals surface area contributed by atoms with Crippen molar-refractivity contribution in [2.24, 2.45) is 0 Å². The SMILES string of the molecule is OCc1ccc(COc2ccc(C3c4ccc(OF)cc4CC[C@@H]3c3ccccc3)cc2)cn1. The summed E-state index contributed by atoms with van der Waals surface area (Å²) in [5, 5.41) is 9.13. The van der Waals surface area contributed by atoms with Crippen LogP contribution in [0.4, 0.5) is 4.53 Å². The largest absolute Gasteiger partial charge is 0.489 e. The van der Waals surface area contributed by atoms with E-state index in [0.717, 1.165) is 29.7 Å². The van der Waals surface area contributed by atoms with Crippen LogP contribution in [-0.2, 0) is 19.6 Å². The Hall–Kier alpha value is -3.70. The van der Waals surface area contributed by atoms with Gasteiger partial charge in [-0.3, -0.25) is 9.93 Å². The van der Waals surface area contributed by atoms with Gasteiger partial charge in [0.05, 0.1) is 12.3 Å². The number of aromatic nitrogens is 1. The highest BCUT2D eigenvalue weighted by molar-refractivity contribution is 5.48. The van der Waals surface area contributed by atoms with Crippen molar-refractivity contribution in [1.29, 1.82) is 0 Å². The van der Waals surface area contributed by atoms with Gasteiger partial charge >= 0.3 is 0 Å². The van der Waals surface area contributed by atoms with Crippen molar-refractivity contribution in [2.75, 3.05) is 0 Å². The molecule has 1 aliphatic rings. The normalized spacial score (nSPS) is 17.1. The quantitative estimate of drug-likeness (QED) is 0.356. The summed E-state index contributed by atoms with van der Waals surface area (Å²) in [6, 6.07) is 28.1. The van der Waals surface area contributed by atoms with Crippen LogP contribution < -0.4 is 9.68 Å². The third-order valence-electron chi connectivity index (χ3n) is 6.59. The van der Waals surface area contributed by atoms with Gasteiger partial charge in [-0.15, -0.1) is 0 Å². The Morgan fingerprint density at radius 1 is 0.882 bits per heavy atom. The van der Waals surface area contributed by atoms with Crippen LogP contribution in [0.25, 0.3) is 0 Å². The van der Waals surface area contributed by atoms with Crippen LogP contribution in [0.1, 0.15) is 51.8 Å². The molecule has 0 radical (unpaired) electrons. The lowest BCUT2D eigenvalue weighted by molar-refractivity contribution is -0.00634. The van der Waals surface area contributed by atoms with Gasteiger partial charge < -0.3 is 9.84 Å². The summed E-state index contributed by atoms with van der Waals surface area (Å²) < 4.78 is 18.8. The van der Waals surface area contributed by atoms with Crippen LogP contribution in [0, 0.1) is 0 Å². The Balaban J connectivity index is 1.41. The van der Waals surface area contributed by atoms with Crippen LogP contribution in [0.5, 0.6) is 11.5 Å². The summed E-state index contributed by atoms with van der Waals surface area (Å²) in [6.07, 6.45) is 3.58. The zero-order chi connectivity index (χ0) is 23.3. The molecule has 0 saturated carbocycles. The molecular formula is C29H26FNO3. The van der Waals surface area contributed by atoms with E-state index in [2.05, 4.69) is 46.3 Å². The van der Waals surface area contributed by atoms with Gasteiger partial charge in [-0.05, 0) is 71.3 Å². The van der Waals surface area contributed by atoms with Crippen LogP contribution in [0.2, 0.25) is 0 Å². The number of aliphatic hydroxyl groups is 1. The fourth-order valence-corrected chi connectivity index (χ4v) is 4.89. The number of benzene rings is 3. The Kier molecular flexibility index (Phi) is 6.54. The number of hydrogen-bond acceptors (Lipinski definition) is 4. The number of ether oxygens (including phenoxy) is 1. The first-order valence-electron chi connectivity index (χ1n) is 11.5. The summed E-state index contributed by atoms with van der Waals surface area (Å²) in [6.45, 7) is 0.335. The van der Waals surface area contributed by atoms with Gasteiger partial charge in [-0.2, -0.15) is 0 Å². The Labute approximate surface area is 198 Å². The van der Waals surface area contributed by atoms with E-state index < -0.39 is 0 Å². The third-order valence-corrected chi connectivity index (χ3v) is 6.59. The molecular weight excluding hydrogens is 429 g/mol. The minimum absolute atomic E-state index is 0.0705. The van der Waals surface area contributed by atoms with E-state index in [9.17, 15) is 4.53 Å². The van der Waals surface area contributed by atoms with E-state index in [1.807, 2.05) is 36.4 Å². The summed E-state index contributed by atoms with van der Waals surface area (Å²) in [5.41, 5.74) is 6.43. The molecule has 1 unspecified atom stereocenters. The first-order valence-corrected chi connectivity index (χ1v) is 11.5. The van der Waals surface area contributed by atoms with Crippen molar-refractivity contribution in [3.8, 4) is 11.5 Å². The molecule has 2 atom stereocenters. The number of nitrogens with zero attached hydrogens (tertiary/aromatic N) is 1. The van der Waals surface area contributed by atoms with Gasteiger partial charge in [0, 0.05) is 22.2 Å². The van der Waals surface area contributed by atoms with Crippen LogP contribution >= 0.6 is 0 Å². The van der Waals surface area contributed by atoms with E-state index in [1.54, 1.807) is 18.3 Å². The van der Waals surface area contributed by atoms with E-state index >= 15 is 0 Å². The molecule has 1 aliphatic carbocycles. The molecule has 0 saturated heterocycles. The van der Waals surface area contributed by atoms with Crippen molar-refractivity contribution >= 4 is 0 Å². The number of fused-ring (bicyclic) bond motifs is 1. The fourth-order valence-electron chi connectivity index (χ4n) is 4.89. The average molecular weight is 456 g/mol. The smallest absolute Gasteiger partial charge is 0.172 e. The van der Waals surface area contributed by atoms with Crippen molar-refractivity contribution < 1.29 is 19.3 Å². The lowest BCUT2D eigenvalue weighted by atomic mass is 9.69. The summed E-state index contributed by atoms with van der Waals surface area (Å²) in [7, 11) is 0.